The van der Waals surface area contributed by atoms with Gasteiger partial charge in [-0.3, -0.25) is 4.57 Å². The molecule has 0 aliphatic carbocycles. The summed E-state index contributed by atoms with van der Waals surface area (Å²) in [4.78, 5) is 24.4. The number of hydrogen-bond donors (Lipinski definition) is 0. The largest absolute Gasteiger partial charge is 0.463 e. The quantitative estimate of drug-likeness (QED) is 0.521. The summed E-state index contributed by atoms with van der Waals surface area (Å²) in [5.41, 5.74) is 1.32. The summed E-state index contributed by atoms with van der Waals surface area (Å²) in [7, 11) is 0. The van der Waals surface area contributed by atoms with Gasteiger partial charge in [-0.1, -0.05) is 15.9 Å². The van der Waals surface area contributed by atoms with Crippen molar-refractivity contribution in [3.8, 4) is 0 Å². The average molecular weight is 408 g/mol. The van der Waals surface area contributed by atoms with Crippen molar-refractivity contribution < 1.29 is 19.1 Å². The molecule has 134 valence electrons. The topological polar surface area (TPSA) is 57.5 Å². The Balaban J connectivity index is 2.54. The first-order valence-electron chi connectivity index (χ1n) is 8.01. The van der Waals surface area contributed by atoms with Gasteiger partial charge in [0, 0.05) is 27.2 Å². The van der Waals surface area contributed by atoms with Crippen molar-refractivity contribution in [2.75, 3.05) is 6.61 Å². The molecular weight excluding hydrogens is 386 g/mol. The molecule has 0 N–H and O–H groups in total. The Morgan fingerprint density at radius 2 is 1.96 bits per heavy atom. The maximum absolute atomic E-state index is 12.5. The number of rotatable bonds is 3. The maximum Gasteiger partial charge on any atom is 0.419 e. The molecule has 1 aromatic carbocycles. The van der Waals surface area contributed by atoms with Crippen LogP contribution in [0.1, 0.15) is 40.2 Å². The Kier molecular flexibility index (Phi) is 5.72. The zero-order valence-electron chi connectivity index (χ0n) is 15.1. The lowest BCUT2D eigenvalue weighted by Gasteiger charge is -2.19. The van der Waals surface area contributed by atoms with Crippen LogP contribution >= 0.6 is 15.9 Å². The van der Waals surface area contributed by atoms with Crippen LogP contribution in [0.2, 0.25) is 0 Å². The summed E-state index contributed by atoms with van der Waals surface area (Å²) >= 11 is 3.44. The zero-order valence-corrected chi connectivity index (χ0v) is 16.6. The first-order chi connectivity index (χ1) is 11.6. The number of benzene rings is 1. The standard InChI is InChI=1S/C19H22BrNO4/c1-6-24-17(22)12(2)9-13-11-21(18(23)25-19(3,4)5)16-8-7-14(20)10-15(13)16/h7-11H,6H2,1-5H3/b12-9-. The third kappa shape index (κ3) is 4.72. The number of nitrogens with zero attached hydrogens (tertiary/aromatic N) is 1. The predicted molar refractivity (Wildman–Crippen MR) is 102 cm³/mol. The van der Waals surface area contributed by atoms with Crippen LogP contribution in [0.3, 0.4) is 0 Å². The van der Waals surface area contributed by atoms with Gasteiger partial charge in [0.25, 0.3) is 0 Å². The van der Waals surface area contributed by atoms with Gasteiger partial charge in [0.1, 0.15) is 5.60 Å². The highest BCUT2D eigenvalue weighted by Gasteiger charge is 2.20. The van der Waals surface area contributed by atoms with Crippen molar-refractivity contribution in [3.63, 3.8) is 0 Å². The second-order valence-electron chi connectivity index (χ2n) is 6.64. The summed E-state index contributed by atoms with van der Waals surface area (Å²) in [5.74, 6) is -0.379. The fraction of sp³-hybridized carbons (Fsp3) is 0.368. The van der Waals surface area contributed by atoms with E-state index in [0.29, 0.717) is 17.7 Å². The van der Waals surface area contributed by atoms with E-state index in [4.69, 9.17) is 9.47 Å². The molecule has 0 saturated heterocycles. The molecule has 2 rings (SSSR count). The number of ether oxygens (including phenoxy) is 2. The van der Waals surface area contributed by atoms with E-state index >= 15 is 0 Å². The van der Waals surface area contributed by atoms with Gasteiger partial charge in [-0.25, -0.2) is 9.59 Å². The molecule has 0 radical (unpaired) electrons. The fourth-order valence-corrected chi connectivity index (χ4v) is 2.70. The van der Waals surface area contributed by atoms with E-state index in [1.165, 1.54) is 4.57 Å². The summed E-state index contributed by atoms with van der Waals surface area (Å²) in [5, 5.41) is 0.837. The van der Waals surface area contributed by atoms with E-state index in [0.717, 1.165) is 15.4 Å². The molecule has 25 heavy (non-hydrogen) atoms. The smallest absolute Gasteiger partial charge is 0.419 e. The lowest BCUT2D eigenvalue weighted by atomic mass is 10.1. The van der Waals surface area contributed by atoms with Crippen molar-refractivity contribution >= 4 is 45.0 Å². The Hall–Kier alpha value is -2.08. The number of esters is 1. The van der Waals surface area contributed by atoms with Gasteiger partial charge >= 0.3 is 12.1 Å². The van der Waals surface area contributed by atoms with E-state index in [2.05, 4.69) is 15.9 Å². The Morgan fingerprint density at radius 1 is 1.28 bits per heavy atom. The third-order valence-electron chi connectivity index (χ3n) is 3.36. The summed E-state index contributed by atoms with van der Waals surface area (Å²) in [6.07, 6.45) is 2.93. The molecule has 0 saturated carbocycles. The van der Waals surface area contributed by atoms with Crippen LogP contribution in [0.15, 0.2) is 34.4 Å². The van der Waals surface area contributed by atoms with Crippen molar-refractivity contribution in [2.24, 2.45) is 0 Å². The molecule has 2 aromatic rings. The molecular formula is C19H22BrNO4. The van der Waals surface area contributed by atoms with Gasteiger partial charge in [-0.15, -0.1) is 0 Å². The van der Waals surface area contributed by atoms with Gasteiger partial charge in [-0.05, 0) is 58.9 Å². The normalized spacial score (nSPS) is 12.3. The Labute approximate surface area is 155 Å². The molecule has 0 spiro atoms. The first kappa shape index (κ1) is 19.2. The number of hydrogen-bond acceptors (Lipinski definition) is 4. The highest BCUT2D eigenvalue weighted by molar-refractivity contribution is 9.10. The highest BCUT2D eigenvalue weighted by atomic mass is 79.9. The van der Waals surface area contributed by atoms with Gasteiger partial charge in [0.2, 0.25) is 0 Å². The van der Waals surface area contributed by atoms with Gasteiger partial charge in [-0.2, -0.15) is 0 Å². The van der Waals surface area contributed by atoms with Crippen LogP contribution in [-0.2, 0) is 14.3 Å². The van der Waals surface area contributed by atoms with Crippen LogP contribution in [0.25, 0.3) is 17.0 Å². The SMILES string of the molecule is CCOC(=O)/C(C)=C\c1cn(C(=O)OC(C)(C)C)c2ccc(Br)cc12. The molecule has 1 aromatic heterocycles. The second kappa shape index (κ2) is 7.44. The average Bonchev–Trinajstić information content (AvgIpc) is 2.84. The van der Waals surface area contributed by atoms with Crippen LogP contribution in [0, 0.1) is 0 Å². The monoisotopic (exact) mass is 407 g/mol. The van der Waals surface area contributed by atoms with E-state index in [9.17, 15) is 9.59 Å². The van der Waals surface area contributed by atoms with Crippen LogP contribution in [0.5, 0.6) is 0 Å². The minimum absolute atomic E-state index is 0.315. The molecule has 0 unspecified atom stereocenters. The van der Waals surface area contributed by atoms with Gasteiger partial charge < -0.3 is 9.47 Å². The summed E-state index contributed by atoms with van der Waals surface area (Å²) < 4.78 is 12.8. The van der Waals surface area contributed by atoms with Crippen molar-refractivity contribution in [2.45, 2.75) is 40.2 Å². The third-order valence-corrected chi connectivity index (χ3v) is 3.85. The molecule has 0 fully saturated rings. The molecule has 0 amide bonds. The lowest BCUT2D eigenvalue weighted by molar-refractivity contribution is -0.138. The number of fused-ring (bicyclic) bond motifs is 1. The van der Waals surface area contributed by atoms with E-state index in [1.807, 2.05) is 39.0 Å². The molecule has 5 nitrogen and oxygen atoms in total. The number of halogens is 1. The van der Waals surface area contributed by atoms with Crippen LogP contribution < -0.4 is 0 Å². The highest BCUT2D eigenvalue weighted by Crippen LogP contribution is 2.28. The molecule has 0 bridgehead atoms. The second-order valence-corrected chi connectivity index (χ2v) is 7.56. The lowest BCUT2D eigenvalue weighted by Crippen LogP contribution is -2.26. The Morgan fingerprint density at radius 3 is 2.56 bits per heavy atom. The van der Waals surface area contributed by atoms with Crippen LogP contribution in [0.4, 0.5) is 4.79 Å². The zero-order chi connectivity index (χ0) is 18.8. The molecule has 1 heterocycles. The molecule has 0 aliphatic rings. The first-order valence-corrected chi connectivity index (χ1v) is 8.81. The Bertz CT molecular complexity index is 843. The van der Waals surface area contributed by atoms with Crippen molar-refractivity contribution in [1.29, 1.82) is 0 Å². The molecule has 0 aliphatic heterocycles. The maximum atomic E-state index is 12.5. The van der Waals surface area contributed by atoms with E-state index in [1.54, 1.807) is 26.1 Å². The van der Waals surface area contributed by atoms with E-state index < -0.39 is 11.7 Å². The predicted octanol–water partition coefficient (Wildman–Crippen LogP) is 5.15. The summed E-state index contributed by atoms with van der Waals surface area (Å²) in [6.45, 7) is 9.22. The number of carbonyl (C=O) groups is 2. The van der Waals surface area contributed by atoms with Gasteiger partial charge in [0.05, 0.1) is 12.1 Å². The number of carbonyl (C=O) groups excluding carboxylic acids is 2. The fourth-order valence-electron chi connectivity index (χ4n) is 2.34. The molecule has 6 heteroatoms. The van der Waals surface area contributed by atoms with Gasteiger partial charge in [0.15, 0.2) is 0 Å². The number of aromatic nitrogens is 1. The van der Waals surface area contributed by atoms with Crippen molar-refractivity contribution in [3.05, 3.63) is 40.0 Å². The van der Waals surface area contributed by atoms with Crippen molar-refractivity contribution in [1.82, 2.24) is 4.57 Å². The summed E-state index contributed by atoms with van der Waals surface area (Å²) in [6, 6.07) is 5.59. The minimum atomic E-state index is -0.597. The minimum Gasteiger partial charge on any atom is -0.463 e. The van der Waals surface area contributed by atoms with Crippen LogP contribution in [-0.4, -0.2) is 28.8 Å². The molecule has 0 atom stereocenters. The van der Waals surface area contributed by atoms with E-state index in [-0.39, 0.29) is 5.97 Å².